The van der Waals surface area contributed by atoms with Gasteiger partial charge in [0.1, 0.15) is 0 Å². The zero-order valence-electron chi connectivity index (χ0n) is 6.86. The summed E-state index contributed by atoms with van der Waals surface area (Å²) < 4.78 is 4.11. The van der Waals surface area contributed by atoms with E-state index in [0.717, 1.165) is 11.8 Å². The monoisotopic (exact) mass is 180 g/mol. The average Bonchev–Trinajstić information content (AvgIpc) is 2.59. The van der Waals surface area contributed by atoms with Crippen LogP contribution in [0, 0.1) is 11.8 Å². The highest BCUT2D eigenvalue weighted by Crippen LogP contribution is 2.58. The first kappa shape index (κ1) is 7.04. The van der Waals surface area contributed by atoms with Crippen LogP contribution in [0.25, 0.3) is 0 Å². The van der Waals surface area contributed by atoms with Crippen LogP contribution in [0.1, 0.15) is 24.1 Å². The number of nitrogens with two attached hydrogens (primary N) is 1. The second-order valence-corrected chi connectivity index (χ2v) is 5.03. The Hall–Kier alpha value is -0.410. The molecule has 2 unspecified atom stereocenters. The summed E-state index contributed by atoms with van der Waals surface area (Å²) in [7, 11) is 0. The van der Waals surface area contributed by atoms with Crippen LogP contribution in [-0.2, 0) is 5.54 Å². The Balaban J connectivity index is 1.92. The molecule has 2 aliphatic rings. The quantitative estimate of drug-likeness (QED) is 0.714. The molecule has 1 aromatic heterocycles. The molecule has 0 spiro atoms. The van der Waals surface area contributed by atoms with Crippen molar-refractivity contribution in [1.29, 1.82) is 0 Å². The highest BCUT2D eigenvalue weighted by Gasteiger charge is 2.53. The Morgan fingerprint density at radius 1 is 1.50 bits per heavy atom. The lowest BCUT2D eigenvalue weighted by molar-refractivity contribution is 0.419. The maximum absolute atomic E-state index is 6.32. The largest absolute Gasteiger partial charge is 0.321 e. The number of hydrogen-bond acceptors (Lipinski definition) is 3. The van der Waals surface area contributed by atoms with Gasteiger partial charge in [-0.2, -0.15) is 0 Å². The Morgan fingerprint density at radius 3 is 2.83 bits per heavy atom. The van der Waals surface area contributed by atoms with Crippen LogP contribution in [0.4, 0.5) is 0 Å². The Morgan fingerprint density at radius 2 is 2.25 bits per heavy atom. The SMILES string of the molecule is NC1(c2ccns2)CC2CC2C1. The van der Waals surface area contributed by atoms with Crippen LogP contribution in [0.2, 0.25) is 0 Å². The summed E-state index contributed by atoms with van der Waals surface area (Å²) >= 11 is 1.57. The van der Waals surface area contributed by atoms with Gasteiger partial charge < -0.3 is 5.73 Å². The van der Waals surface area contributed by atoms with Crippen molar-refractivity contribution in [3.05, 3.63) is 17.1 Å². The first-order valence-corrected chi connectivity index (χ1v) is 5.25. The smallest absolute Gasteiger partial charge is 0.0525 e. The van der Waals surface area contributed by atoms with E-state index in [2.05, 4.69) is 10.4 Å². The van der Waals surface area contributed by atoms with E-state index in [-0.39, 0.29) is 5.54 Å². The molecule has 3 rings (SSSR count). The minimum absolute atomic E-state index is 0.00521. The van der Waals surface area contributed by atoms with Crippen molar-refractivity contribution in [3.8, 4) is 0 Å². The van der Waals surface area contributed by atoms with Gasteiger partial charge in [0.2, 0.25) is 0 Å². The zero-order valence-corrected chi connectivity index (χ0v) is 7.68. The summed E-state index contributed by atoms with van der Waals surface area (Å²) in [6.45, 7) is 0. The van der Waals surface area contributed by atoms with Crippen LogP contribution in [-0.4, -0.2) is 4.37 Å². The third-order valence-electron chi connectivity index (χ3n) is 3.25. The van der Waals surface area contributed by atoms with Gasteiger partial charge in [-0.15, -0.1) is 0 Å². The van der Waals surface area contributed by atoms with E-state index in [0.29, 0.717) is 0 Å². The summed E-state index contributed by atoms with van der Waals surface area (Å²) in [6.07, 6.45) is 5.68. The third kappa shape index (κ3) is 0.866. The fourth-order valence-electron chi connectivity index (χ4n) is 2.50. The van der Waals surface area contributed by atoms with Crippen molar-refractivity contribution in [2.24, 2.45) is 17.6 Å². The normalized spacial score (nSPS) is 44.4. The van der Waals surface area contributed by atoms with Gasteiger partial charge in [0.05, 0.1) is 5.54 Å². The number of hydrogen-bond donors (Lipinski definition) is 1. The second kappa shape index (κ2) is 2.09. The van der Waals surface area contributed by atoms with Gasteiger partial charge >= 0.3 is 0 Å². The van der Waals surface area contributed by atoms with Gasteiger partial charge in [0.25, 0.3) is 0 Å². The average molecular weight is 180 g/mol. The van der Waals surface area contributed by atoms with Crippen molar-refractivity contribution in [1.82, 2.24) is 4.37 Å². The lowest BCUT2D eigenvalue weighted by atomic mass is 9.93. The Kier molecular flexibility index (Phi) is 1.23. The number of nitrogens with zero attached hydrogens (tertiary/aromatic N) is 1. The van der Waals surface area contributed by atoms with E-state index in [1.807, 2.05) is 6.20 Å². The number of aromatic nitrogens is 1. The van der Waals surface area contributed by atoms with Crippen LogP contribution in [0.5, 0.6) is 0 Å². The lowest BCUT2D eigenvalue weighted by Crippen LogP contribution is -2.33. The van der Waals surface area contributed by atoms with Crippen molar-refractivity contribution >= 4 is 11.5 Å². The highest BCUT2D eigenvalue weighted by atomic mass is 32.1. The summed E-state index contributed by atoms with van der Waals surface area (Å²) in [5, 5.41) is 0. The maximum Gasteiger partial charge on any atom is 0.0525 e. The van der Waals surface area contributed by atoms with Gasteiger partial charge in [-0.3, -0.25) is 0 Å². The van der Waals surface area contributed by atoms with Gasteiger partial charge in [-0.05, 0) is 48.7 Å². The Bertz CT molecular complexity index is 283. The van der Waals surface area contributed by atoms with Gasteiger partial charge in [0, 0.05) is 11.1 Å². The maximum atomic E-state index is 6.32. The molecule has 0 radical (unpaired) electrons. The minimum atomic E-state index is -0.00521. The third-order valence-corrected chi connectivity index (χ3v) is 4.22. The molecule has 0 amide bonds. The molecule has 0 bridgehead atoms. The van der Waals surface area contributed by atoms with E-state index in [4.69, 9.17) is 5.73 Å². The van der Waals surface area contributed by atoms with Crippen LogP contribution in [0.3, 0.4) is 0 Å². The Labute approximate surface area is 76.0 Å². The molecule has 2 fully saturated rings. The molecule has 2 aliphatic carbocycles. The summed E-state index contributed by atoms with van der Waals surface area (Å²) in [4.78, 5) is 1.29. The first-order chi connectivity index (χ1) is 5.78. The molecule has 0 aromatic carbocycles. The molecule has 1 heterocycles. The molecular weight excluding hydrogens is 168 g/mol. The summed E-state index contributed by atoms with van der Waals surface area (Å²) in [5.74, 6) is 1.88. The van der Waals surface area contributed by atoms with Gasteiger partial charge in [-0.25, -0.2) is 4.37 Å². The summed E-state index contributed by atoms with van der Waals surface area (Å²) in [5.41, 5.74) is 6.31. The molecule has 2 nitrogen and oxygen atoms in total. The summed E-state index contributed by atoms with van der Waals surface area (Å²) in [6, 6.07) is 2.08. The molecule has 2 saturated carbocycles. The lowest BCUT2D eigenvalue weighted by Gasteiger charge is -2.23. The molecule has 12 heavy (non-hydrogen) atoms. The van der Waals surface area contributed by atoms with E-state index >= 15 is 0 Å². The topological polar surface area (TPSA) is 38.9 Å². The number of fused-ring (bicyclic) bond motifs is 1. The molecule has 3 heteroatoms. The zero-order chi connectivity index (χ0) is 8.18. The van der Waals surface area contributed by atoms with Gasteiger partial charge in [-0.1, -0.05) is 0 Å². The van der Waals surface area contributed by atoms with Crippen molar-refractivity contribution in [2.75, 3.05) is 0 Å². The first-order valence-electron chi connectivity index (χ1n) is 4.48. The predicted octanol–water partition coefficient (Wildman–Crippen LogP) is 1.73. The second-order valence-electron chi connectivity index (χ2n) is 4.20. The van der Waals surface area contributed by atoms with Crippen molar-refractivity contribution < 1.29 is 0 Å². The van der Waals surface area contributed by atoms with Gasteiger partial charge in [0.15, 0.2) is 0 Å². The molecule has 0 saturated heterocycles. The van der Waals surface area contributed by atoms with E-state index < -0.39 is 0 Å². The van der Waals surface area contributed by atoms with Crippen molar-refractivity contribution in [3.63, 3.8) is 0 Å². The van der Waals surface area contributed by atoms with Crippen LogP contribution >= 0.6 is 11.5 Å². The van der Waals surface area contributed by atoms with Crippen LogP contribution in [0.15, 0.2) is 12.3 Å². The molecule has 2 N–H and O–H groups in total. The van der Waals surface area contributed by atoms with Crippen LogP contribution < -0.4 is 5.73 Å². The molecule has 1 aromatic rings. The minimum Gasteiger partial charge on any atom is -0.321 e. The van der Waals surface area contributed by atoms with E-state index in [9.17, 15) is 0 Å². The fraction of sp³-hybridized carbons (Fsp3) is 0.667. The fourth-order valence-corrected chi connectivity index (χ4v) is 3.21. The van der Waals surface area contributed by atoms with Crippen molar-refractivity contribution in [2.45, 2.75) is 24.8 Å². The molecule has 64 valence electrons. The molecule has 2 atom stereocenters. The highest BCUT2D eigenvalue weighted by molar-refractivity contribution is 7.05. The standard InChI is InChI=1S/C9H12N2S/c10-9(8-1-2-11-12-8)4-6-3-7(6)5-9/h1-2,6-7H,3-5,10H2. The van der Waals surface area contributed by atoms with E-state index in [1.54, 1.807) is 11.5 Å². The number of rotatable bonds is 1. The predicted molar refractivity (Wildman–Crippen MR) is 48.8 cm³/mol. The molecular formula is C9H12N2S. The van der Waals surface area contributed by atoms with E-state index in [1.165, 1.54) is 24.1 Å². The molecule has 0 aliphatic heterocycles.